The van der Waals surface area contributed by atoms with Crippen LogP contribution in [0.1, 0.15) is 72.8 Å². The highest BCUT2D eigenvalue weighted by molar-refractivity contribution is 6.32. The van der Waals surface area contributed by atoms with E-state index in [2.05, 4.69) is 55.7 Å². The fourth-order valence-electron chi connectivity index (χ4n) is 6.71. The molecule has 0 saturated carbocycles. The van der Waals surface area contributed by atoms with Gasteiger partial charge in [0.25, 0.3) is 5.91 Å². The molecule has 3 aromatic rings. The number of rotatable bonds is 13. The normalized spacial score (nSPS) is 15.8. The van der Waals surface area contributed by atoms with Crippen LogP contribution in [-0.4, -0.2) is 113 Å². The molecule has 1 heterocycles. The number of carboxylic acids is 2. The summed E-state index contributed by atoms with van der Waals surface area (Å²) >= 11 is 6.45. The Hall–Kier alpha value is -5.25. The maximum atomic E-state index is 14.0. The lowest BCUT2D eigenvalue weighted by molar-refractivity contribution is -0.193. The number of nitrogens with zero attached hydrogens (tertiary/aromatic N) is 6. The van der Waals surface area contributed by atoms with Gasteiger partial charge in [-0.25, -0.2) is 14.0 Å². The van der Waals surface area contributed by atoms with Gasteiger partial charge in [0.05, 0.1) is 28.0 Å². The van der Waals surface area contributed by atoms with Crippen LogP contribution in [0.15, 0.2) is 65.8 Å². The monoisotopic (exact) mass is 870 g/mol. The number of benzene rings is 3. The summed E-state index contributed by atoms with van der Waals surface area (Å²) < 4.78 is 77.4. The van der Waals surface area contributed by atoms with Gasteiger partial charge < -0.3 is 24.9 Å². The Labute approximate surface area is 348 Å². The zero-order chi connectivity index (χ0) is 44.9. The van der Waals surface area contributed by atoms with E-state index in [1.54, 1.807) is 12.1 Å². The summed E-state index contributed by atoms with van der Waals surface area (Å²) in [6.45, 7) is 15.5. The number of carbonyl (C=O) groups excluding carboxylic acids is 1. The number of anilines is 1. The van der Waals surface area contributed by atoms with E-state index in [0.717, 1.165) is 80.2 Å². The summed E-state index contributed by atoms with van der Waals surface area (Å²) in [7, 11) is 0. The molecule has 2 N–H and O–H groups in total. The summed E-state index contributed by atoms with van der Waals surface area (Å²) in [6.07, 6.45) is -8.53. The molecule has 326 valence electrons. The van der Waals surface area contributed by atoms with Crippen LogP contribution in [0.3, 0.4) is 0 Å². The third-order valence-corrected chi connectivity index (χ3v) is 10.4. The molecular formula is C41H46ClF7N6O5. The van der Waals surface area contributed by atoms with Gasteiger partial charge in [-0.3, -0.25) is 9.80 Å². The molecule has 19 heteroatoms. The highest BCUT2D eigenvalue weighted by Crippen LogP contribution is 2.46. The first-order chi connectivity index (χ1) is 28.2. The zero-order valence-electron chi connectivity index (χ0n) is 33.3. The van der Waals surface area contributed by atoms with Crippen molar-refractivity contribution in [3.63, 3.8) is 0 Å². The van der Waals surface area contributed by atoms with Crippen molar-refractivity contribution in [2.24, 2.45) is 11.0 Å². The highest BCUT2D eigenvalue weighted by atomic mass is 35.5. The van der Waals surface area contributed by atoms with Gasteiger partial charge in [-0.15, -0.1) is 0 Å². The van der Waals surface area contributed by atoms with Crippen LogP contribution in [-0.2, 0) is 16.0 Å². The van der Waals surface area contributed by atoms with Gasteiger partial charge in [0, 0.05) is 43.2 Å². The van der Waals surface area contributed by atoms with E-state index in [0.29, 0.717) is 29.2 Å². The number of halogens is 8. The van der Waals surface area contributed by atoms with Crippen LogP contribution in [0.5, 0.6) is 0 Å². The molecule has 5 rings (SSSR count). The van der Waals surface area contributed by atoms with Gasteiger partial charge in [0.15, 0.2) is 0 Å². The molecule has 2 atom stereocenters. The lowest BCUT2D eigenvalue weighted by Crippen LogP contribution is -2.43. The van der Waals surface area contributed by atoms with Crippen molar-refractivity contribution < 1.29 is 55.3 Å². The Morgan fingerprint density at radius 1 is 0.817 bits per heavy atom. The van der Waals surface area contributed by atoms with Crippen LogP contribution >= 0.6 is 11.6 Å². The average molecular weight is 871 g/mol. The van der Waals surface area contributed by atoms with E-state index in [1.807, 2.05) is 34.2 Å². The number of amides is 1. The van der Waals surface area contributed by atoms with E-state index in [4.69, 9.17) is 36.5 Å². The number of hydrogen-bond acceptors (Lipinski definition) is 8. The first kappa shape index (κ1) is 49.1. The van der Waals surface area contributed by atoms with Crippen molar-refractivity contribution in [3.05, 3.63) is 99.3 Å². The van der Waals surface area contributed by atoms with Gasteiger partial charge in [-0.05, 0) is 92.6 Å². The van der Waals surface area contributed by atoms with Crippen LogP contribution in [0, 0.1) is 23.1 Å². The van der Waals surface area contributed by atoms with Crippen molar-refractivity contribution in [3.8, 4) is 6.07 Å². The standard InChI is InChI=1S/C37H44ClFN6O.2C2HF3O2/c1-5-42(6-2)19-21-44(22-20-43(7-3)8-4)37(46)28-13-17-32-27(23-28)12-18-33-35(32)41-45(31-16-11-29(25-40)34(38)24-31)36(33)26-9-14-30(39)15-10-26;2*3-2(4,5)1(6)7/h9-11,13-17,23-24,33,36H,5-8,12,18-22H2,1-4H3;2*(H,6,7). The van der Waals surface area contributed by atoms with Crippen LogP contribution in [0.25, 0.3) is 0 Å². The molecule has 1 aliphatic carbocycles. The number of aryl methyl sites for hydroxylation is 1. The average Bonchev–Trinajstić information content (AvgIpc) is 3.60. The number of aliphatic carboxylic acids is 2. The first-order valence-electron chi connectivity index (χ1n) is 19.0. The number of nitriles is 1. The Kier molecular flexibility index (Phi) is 17.9. The molecular weight excluding hydrogens is 825 g/mol. The quantitative estimate of drug-likeness (QED) is 0.163. The Morgan fingerprint density at radius 2 is 1.33 bits per heavy atom. The number of likely N-dealkylation sites (N-methyl/N-ethyl adjacent to an activating group) is 2. The SMILES string of the molecule is CCN(CC)CCN(CCN(CC)CC)C(=O)c1ccc2c(c1)CCC1C2=NN(c2ccc(C#N)c(Cl)c2)C1c1ccc(F)cc1.O=C(O)C(F)(F)F.O=C(O)C(F)(F)F. The molecule has 3 aromatic carbocycles. The Bertz CT molecular complexity index is 1980. The van der Waals surface area contributed by atoms with Gasteiger partial charge >= 0.3 is 24.3 Å². The lowest BCUT2D eigenvalue weighted by Gasteiger charge is -2.31. The second kappa shape index (κ2) is 21.8. The molecule has 11 nitrogen and oxygen atoms in total. The van der Waals surface area contributed by atoms with Gasteiger partial charge in [-0.2, -0.15) is 36.7 Å². The van der Waals surface area contributed by atoms with Crippen molar-refractivity contribution in [2.45, 2.75) is 58.9 Å². The largest absolute Gasteiger partial charge is 0.490 e. The summed E-state index contributed by atoms with van der Waals surface area (Å²) in [5.41, 5.74) is 5.95. The second-order valence-corrected chi connectivity index (χ2v) is 14.0. The molecule has 2 unspecified atom stereocenters. The number of alkyl halides is 6. The van der Waals surface area contributed by atoms with E-state index in [-0.39, 0.29) is 23.7 Å². The summed E-state index contributed by atoms with van der Waals surface area (Å²) in [6, 6.07) is 20.0. The van der Waals surface area contributed by atoms with Gasteiger partial charge in [0.2, 0.25) is 0 Å². The van der Waals surface area contributed by atoms with Gasteiger partial charge in [0.1, 0.15) is 11.9 Å². The van der Waals surface area contributed by atoms with Crippen molar-refractivity contribution in [1.82, 2.24) is 14.7 Å². The maximum Gasteiger partial charge on any atom is 0.490 e. The van der Waals surface area contributed by atoms with Crippen molar-refractivity contribution in [1.29, 1.82) is 5.26 Å². The molecule has 0 fully saturated rings. The zero-order valence-corrected chi connectivity index (χ0v) is 34.1. The highest BCUT2D eigenvalue weighted by Gasteiger charge is 2.43. The third kappa shape index (κ3) is 13.1. The predicted octanol–water partition coefficient (Wildman–Crippen LogP) is 8.27. The number of hydrazone groups is 1. The summed E-state index contributed by atoms with van der Waals surface area (Å²) in [5.74, 6) is -5.67. The Balaban J connectivity index is 0.000000589. The lowest BCUT2D eigenvalue weighted by atomic mass is 9.77. The molecule has 0 spiro atoms. The first-order valence-corrected chi connectivity index (χ1v) is 19.4. The van der Waals surface area contributed by atoms with Crippen LogP contribution in [0.2, 0.25) is 5.02 Å². The third-order valence-electron chi connectivity index (χ3n) is 10.0. The topological polar surface area (TPSA) is 141 Å². The molecule has 0 bridgehead atoms. The smallest absolute Gasteiger partial charge is 0.475 e. The van der Waals surface area contributed by atoms with Crippen molar-refractivity contribution >= 4 is 40.8 Å². The van der Waals surface area contributed by atoms with E-state index < -0.39 is 24.3 Å². The number of carboxylic acid groups (broad SMARTS) is 2. The molecule has 2 aliphatic rings. The number of hydrogen-bond donors (Lipinski definition) is 2. The van der Waals surface area contributed by atoms with Crippen molar-refractivity contribution in [2.75, 3.05) is 57.4 Å². The fourth-order valence-corrected chi connectivity index (χ4v) is 6.92. The minimum Gasteiger partial charge on any atom is -0.475 e. The van der Waals surface area contributed by atoms with E-state index in [9.17, 15) is 40.8 Å². The van der Waals surface area contributed by atoms with Crippen LogP contribution < -0.4 is 5.01 Å². The van der Waals surface area contributed by atoms with E-state index >= 15 is 0 Å². The second-order valence-electron chi connectivity index (χ2n) is 13.6. The molecule has 0 saturated heterocycles. The molecule has 60 heavy (non-hydrogen) atoms. The number of fused-ring (bicyclic) bond motifs is 3. The minimum absolute atomic E-state index is 0.0635. The summed E-state index contributed by atoms with van der Waals surface area (Å²) in [4.78, 5) is 38.5. The van der Waals surface area contributed by atoms with Gasteiger partial charge in [-0.1, -0.05) is 57.5 Å². The predicted molar refractivity (Wildman–Crippen MR) is 211 cm³/mol. The molecule has 1 amide bonds. The molecule has 0 aromatic heterocycles. The van der Waals surface area contributed by atoms with E-state index in [1.165, 1.54) is 12.1 Å². The number of carbonyl (C=O) groups is 3. The summed E-state index contributed by atoms with van der Waals surface area (Å²) in [5, 5.41) is 31.1. The molecule has 1 aliphatic heterocycles. The fraction of sp³-hybridized carbons (Fsp3) is 0.439. The van der Waals surface area contributed by atoms with Crippen LogP contribution in [0.4, 0.5) is 36.4 Å². The maximum absolute atomic E-state index is 14.0. The molecule has 0 radical (unpaired) electrons. The minimum atomic E-state index is -5.08. The Morgan fingerprint density at radius 3 is 1.78 bits per heavy atom.